The topological polar surface area (TPSA) is 54.4 Å². The molecular formula is C14H22N2O2. The molecular weight excluding hydrogens is 228 g/mol. The van der Waals surface area contributed by atoms with Gasteiger partial charge in [-0.05, 0) is 43.9 Å². The molecule has 0 amide bonds. The summed E-state index contributed by atoms with van der Waals surface area (Å²) in [5.74, 6) is 0.864. The maximum atomic E-state index is 8.72. The maximum Gasteiger partial charge on any atom is 0.137 e. The van der Waals surface area contributed by atoms with E-state index in [1.54, 1.807) is 6.20 Å². The van der Waals surface area contributed by atoms with Crippen molar-refractivity contribution < 1.29 is 9.84 Å². The van der Waals surface area contributed by atoms with E-state index in [1.165, 1.54) is 12.0 Å². The summed E-state index contributed by atoms with van der Waals surface area (Å²) in [6, 6.07) is 2.59. The normalized spacial score (nSPS) is 18.4. The van der Waals surface area contributed by atoms with Crippen LogP contribution in [0.3, 0.4) is 0 Å². The van der Waals surface area contributed by atoms with E-state index in [9.17, 15) is 0 Å². The molecule has 0 saturated carbocycles. The molecule has 1 saturated heterocycles. The number of hydrogen-bond acceptors (Lipinski definition) is 4. The van der Waals surface area contributed by atoms with Gasteiger partial charge in [0, 0.05) is 18.8 Å². The van der Waals surface area contributed by atoms with Crippen molar-refractivity contribution in [3.8, 4) is 5.75 Å². The van der Waals surface area contributed by atoms with Crippen molar-refractivity contribution in [2.75, 3.05) is 19.8 Å². The van der Waals surface area contributed by atoms with E-state index in [1.807, 2.05) is 6.20 Å². The van der Waals surface area contributed by atoms with E-state index in [-0.39, 0.29) is 6.61 Å². The third-order valence-electron chi connectivity index (χ3n) is 3.27. The Morgan fingerprint density at radius 3 is 2.94 bits per heavy atom. The number of rotatable bonds is 8. The molecule has 0 radical (unpaired) electrons. The Kier molecular flexibility index (Phi) is 5.42. The zero-order valence-corrected chi connectivity index (χ0v) is 10.8. The first kappa shape index (κ1) is 13.3. The van der Waals surface area contributed by atoms with Crippen LogP contribution in [0.4, 0.5) is 0 Å². The molecule has 1 aromatic heterocycles. The molecule has 1 aliphatic heterocycles. The second-order valence-electron chi connectivity index (χ2n) is 4.81. The summed E-state index contributed by atoms with van der Waals surface area (Å²) < 4.78 is 5.71. The molecule has 1 aromatic rings. The van der Waals surface area contributed by atoms with E-state index >= 15 is 0 Å². The van der Waals surface area contributed by atoms with Crippen LogP contribution in [0.5, 0.6) is 5.75 Å². The van der Waals surface area contributed by atoms with Crippen LogP contribution in [-0.2, 0) is 6.42 Å². The second-order valence-corrected chi connectivity index (χ2v) is 4.81. The van der Waals surface area contributed by atoms with Crippen molar-refractivity contribution in [3.63, 3.8) is 0 Å². The zero-order chi connectivity index (χ0) is 12.6. The number of aryl methyl sites for hydroxylation is 1. The number of aromatic nitrogens is 1. The van der Waals surface area contributed by atoms with Crippen molar-refractivity contribution in [2.45, 2.75) is 38.1 Å². The smallest absolute Gasteiger partial charge is 0.137 e. The minimum Gasteiger partial charge on any atom is -0.490 e. The van der Waals surface area contributed by atoms with Crippen molar-refractivity contribution >= 4 is 0 Å². The first-order valence-corrected chi connectivity index (χ1v) is 6.79. The lowest BCUT2D eigenvalue weighted by atomic mass is 10.1. The Balaban J connectivity index is 1.73. The van der Waals surface area contributed by atoms with Gasteiger partial charge < -0.3 is 15.2 Å². The van der Waals surface area contributed by atoms with Crippen LogP contribution in [0.15, 0.2) is 18.5 Å². The van der Waals surface area contributed by atoms with Crippen molar-refractivity contribution in [3.05, 3.63) is 24.0 Å². The number of unbranched alkanes of at least 4 members (excludes halogenated alkanes) is 2. The van der Waals surface area contributed by atoms with Crippen LogP contribution in [0.25, 0.3) is 0 Å². The van der Waals surface area contributed by atoms with Gasteiger partial charge in [0.05, 0.1) is 6.20 Å². The fourth-order valence-corrected chi connectivity index (χ4v) is 1.98. The Bertz CT molecular complexity index is 353. The highest BCUT2D eigenvalue weighted by atomic mass is 16.5. The number of nitrogens with zero attached hydrogens (tertiary/aromatic N) is 1. The predicted molar refractivity (Wildman–Crippen MR) is 70.8 cm³/mol. The number of aliphatic hydroxyl groups is 1. The first-order valence-electron chi connectivity index (χ1n) is 6.79. The molecule has 2 N–H and O–H groups in total. The molecule has 1 unspecified atom stereocenters. The summed E-state index contributed by atoms with van der Waals surface area (Å²) in [5, 5.41) is 12.0. The molecule has 2 heterocycles. The van der Waals surface area contributed by atoms with Crippen LogP contribution < -0.4 is 10.1 Å². The summed E-state index contributed by atoms with van der Waals surface area (Å²) in [7, 11) is 0. The first-order chi connectivity index (χ1) is 8.88. The van der Waals surface area contributed by atoms with Crippen LogP contribution in [0.2, 0.25) is 0 Å². The molecule has 4 heteroatoms. The number of hydrogen-bond donors (Lipinski definition) is 2. The van der Waals surface area contributed by atoms with Gasteiger partial charge in [0.2, 0.25) is 0 Å². The van der Waals surface area contributed by atoms with Gasteiger partial charge in [-0.2, -0.15) is 0 Å². The quantitative estimate of drug-likeness (QED) is 0.687. The Hall–Kier alpha value is -1.13. The summed E-state index contributed by atoms with van der Waals surface area (Å²) >= 11 is 0. The highest BCUT2D eigenvalue weighted by molar-refractivity contribution is 5.23. The molecule has 4 nitrogen and oxygen atoms in total. The standard InChI is InChI=1S/C14H22N2O2/c17-7-3-1-2-4-12-8-14(10-15-9-12)18-11-13-5-6-16-13/h8-10,13,16-17H,1-7,11H2. The van der Waals surface area contributed by atoms with Gasteiger partial charge in [0.15, 0.2) is 0 Å². The molecule has 1 fully saturated rings. The lowest BCUT2D eigenvalue weighted by Gasteiger charge is -2.27. The average molecular weight is 250 g/mol. The number of pyridine rings is 1. The summed E-state index contributed by atoms with van der Waals surface area (Å²) in [6.07, 6.45) is 8.92. The largest absolute Gasteiger partial charge is 0.490 e. The third kappa shape index (κ3) is 4.27. The molecule has 0 aromatic carbocycles. The predicted octanol–water partition coefficient (Wildman–Crippen LogP) is 1.53. The number of ether oxygens (including phenoxy) is 1. The molecule has 18 heavy (non-hydrogen) atoms. The van der Waals surface area contributed by atoms with Crippen LogP contribution in [0.1, 0.15) is 31.2 Å². The van der Waals surface area contributed by atoms with Crippen molar-refractivity contribution in [2.24, 2.45) is 0 Å². The van der Waals surface area contributed by atoms with Gasteiger partial charge in [-0.15, -0.1) is 0 Å². The van der Waals surface area contributed by atoms with E-state index in [4.69, 9.17) is 9.84 Å². The number of aliphatic hydroxyl groups excluding tert-OH is 1. The van der Waals surface area contributed by atoms with E-state index in [0.29, 0.717) is 6.04 Å². The zero-order valence-electron chi connectivity index (χ0n) is 10.8. The van der Waals surface area contributed by atoms with Crippen LogP contribution in [0, 0.1) is 0 Å². The SMILES string of the molecule is OCCCCCc1cncc(OCC2CCN2)c1. The lowest BCUT2D eigenvalue weighted by Crippen LogP contribution is -2.46. The summed E-state index contributed by atoms with van der Waals surface area (Å²) in [6.45, 7) is 2.13. The molecule has 1 aliphatic rings. The fraction of sp³-hybridized carbons (Fsp3) is 0.643. The van der Waals surface area contributed by atoms with Gasteiger partial charge in [-0.3, -0.25) is 4.98 Å². The molecule has 0 spiro atoms. The monoisotopic (exact) mass is 250 g/mol. The van der Waals surface area contributed by atoms with Gasteiger partial charge in [0.1, 0.15) is 12.4 Å². The van der Waals surface area contributed by atoms with E-state index in [2.05, 4.69) is 16.4 Å². The minimum atomic E-state index is 0.287. The second kappa shape index (κ2) is 7.34. The fourth-order valence-electron chi connectivity index (χ4n) is 1.98. The van der Waals surface area contributed by atoms with E-state index < -0.39 is 0 Å². The van der Waals surface area contributed by atoms with Crippen molar-refractivity contribution in [1.29, 1.82) is 0 Å². The Morgan fingerprint density at radius 1 is 1.33 bits per heavy atom. The van der Waals surface area contributed by atoms with Crippen LogP contribution >= 0.6 is 0 Å². The van der Waals surface area contributed by atoms with Gasteiger partial charge in [-0.1, -0.05) is 6.42 Å². The molecule has 1 atom stereocenters. The Labute approximate surface area is 108 Å². The van der Waals surface area contributed by atoms with Crippen LogP contribution in [-0.4, -0.2) is 35.9 Å². The van der Waals surface area contributed by atoms with Gasteiger partial charge in [-0.25, -0.2) is 0 Å². The van der Waals surface area contributed by atoms with E-state index in [0.717, 1.165) is 44.6 Å². The van der Waals surface area contributed by atoms with Gasteiger partial charge >= 0.3 is 0 Å². The summed E-state index contributed by atoms with van der Waals surface area (Å²) in [4.78, 5) is 4.21. The number of nitrogens with one attached hydrogen (secondary N) is 1. The highest BCUT2D eigenvalue weighted by Crippen LogP contribution is 2.15. The molecule has 0 aliphatic carbocycles. The van der Waals surface area contributed by atoms with Gasteiger partial charge in [0.25, 0.3) is 0 Å². The minimum absolute atomic E-state index is 0.287. The average Bonchev–Trinajstić information content (AvgIpc) is 2.33. The molecule has 100 valence electrons. The molecule has 0 bridgehead atoms. The van der Waals surface area contributed by atoms with Crippen molar-refractivity contribution in [1.82, 2.24) is 10.3 Å². The molecule has 2 rings (SSSR count). The third-order valence-corrected chi connectivity index (χ3v) is 3.27. The maximum absolute atomic E-state index is 8.72. The Morgan fingerprint density at radius 2 is 2.22 bits per heavy atom. The lowest BCUT2D eigenvalue weighted by molar-refractivity contribution is 0.216. The highest BCUT2D eigenvalue weighted by Gasteiger charge is 2.16. The summed E-state index contributed by atoms with van der Waals surface area (Å²) in [5.41, 5.74) is 1.21.